The number of hydrogen-bond acceptors (Lipinski definition) is 3. The van der Waals surface area contributed by atoms with Crippen LogP contribution in [0.3, 0.4) is 0 Å². The highest BCUT2D eigenvalue weighted by Crippen LogP contribution is 2.27. The van der Waals surface area contributed by atoms with E-state index >= 15 is 0 Å². The Kier molecular flexibility index (Phi) is 4.81. The molecular weight excluding hydrogens is 234 g/mol. The summed E-state index contributed by atoms with van der Waals surface area (Å²) in [5, 5.41) is 0. The molecule has 2 N–H and O–H groups in total. The van der Waals surface area contributed by atoms with Crippen molar-refractivity contribution in [3.8, 4) is 0 Å². The topological polar surface area (TPSA) is 42.1 Å². The first-order valence-electron chi connectivity index (χ1n) is 7.58. The van der Waals surface area contributed by atoms with Gasteiger partial charge in [0.1, 0.15) is 0 Å². The highest BCUT2D eigenvalue weighted by molar-refractivity contribution is 5.45. The Labute approximate surface area is 117 Å². The third-order valence-corrected chi connectivity index (χ3v) is 4.44. The lowest BCUT2D eigenvalue weighted by Crippen LogP contribution is -2.35. The van der Waals surface area contributed by atoms with Gasteiger partial charge in [-0.3, -0.25) is 4.98 Å². The van der Waals surface area contributed by atoms with Gasteiger partial charge in [0, 0.05) is 19.1 Å². The van der Waals surface area contributed by atoms with Gasteiger partial charge in [-0.25, -0.2) is 0 Å². The Balaban J connectivity index is 1.96. The summed E-state index contributed by atoms with van der Waals surface area (Å²) >= 11 is 0. The van der Waals surface area contributed by atoms with Crippen LogP contribution in [0.2, 0.25) is 0 Å². The van der Waals surface area contributed by atoms with Crippen molar-refractivity contribution in [2.75, 3.05) is 18.0 Å². The first kappa shape index (κ1) is 14.3. The summed E-state index contributed by atoms with van der Waals surface area (Å²) in [6.07, 6.45) is 5.52. The lowest BCUT2D eigenvalue weighted by Gasteiger charge is -2.35. The quantitative estimate of drug-likeness (QED) is 0.903. The Morgan fingerprint density at radius 3 is 2.47 bits per heavy atom. The number of aromatic nitrogens is 1. The molecule has 0 radical (unpaired) electrons. The van der Waals surface area contributed by atoms with Crippen LogP contribution in [0, 0.1) is 11.8 Å². The second-order valence-electron chi connectivity index (χ2n) is 6.02. The summed E-state index contributed by atoms with van der Waals surface area (Å²) in [5.74, 6) is 1.70. The van der Waals surface area contributed by atoms with Crippen molar-refractivity contribution in [3.05, 3.63) is 24.0 Å². The number of rotatable bonds is 4. The second-order valence-corrected chi connectivity index (χ2v) is 6.02. The van der Waals surface area contributed by atoms with E-state index in [1.165, 1.54) is 18.5 Å². The van der Waals surface area contributed by atoms with Crippen molar-refractivity contribution in [2.24, 2.45) is 17.6 Å². The molecule has 2 heterocycles. The summed E-state index contributed by atoms with van der Waals surface area (Å²) in [6.45, 7) is 9.08. The first-order chi connectivity index (χ1) is 9.11. The molecule has 0 amide bonds. The van der Waals surface area contributed by atoms with Gasteiger partial charge in [0.15, 0.2) is 0 Å². The summed E-state index contributed by atoms with van der Waals surface area (Å²) in [6, 6.07) is 4.33. The predicted octanol–water partition coefficient (Wildman–Crippen LogP) is 3.36. The minimum atomic E-state index is 0.0701. The van der Waals surface area contributed by atoms with Crippen LogP contribution < -0.4 is 10.6 Å². The van der Waals surface area contributed by atoms with Gasteiger partial charge in [0.05, 0.1) is 17.6 Å². The molecule has 1 aliphatic heterocycles. The van der Waals surface area contributed by atoms with Crippen molar-refractivity contribution < 1.29 is 0 Å². The molecule has 1 fully saturated rings. The molecule has 3 heteroatoms. The highest BCUT2D eigenvalue weighted by Gasteiger charge is 2.21. The summed E-state index contributed by atoms with van der Waals surface area (Å²) in [5.41, 5.74) is 8.25. The van der Waals surface area contributed by atoms with Crippen LogP contribution in [0.15, 0.2) is 18.3 Å². The van der Waals surface area contributed by atoms with E-state index in [1.807, 2.05) is 6.20 Å². The largest absolute Gasteiger partial charge is 0.370 e. The molecule has 1 aromatic rings. The number of nitrogens with zero attached hydrogens (tertiary/aromatic N) is 2. The molecule has 0 saturated carbocycles. The van der Waals surface area contributed by atoms with Crippen molar-refractivity contribution in [3.63, 3.8) is 0 Å². The fraction of sp³-hybridized carbons (Fsp3) is 0.688. The smallest absolute Gasteiger partial charge is 0.0572 e. The molecule has 1 saturated heterocycles. The van der Waals surface area contributed by atoms with Crippen molar-refractivity contribution in [1.29, 1.82) is 0 Å². The van der Waals surface area contributed by atoms with Gasteiger partial charge in [-0.1, -0.05) is 20.8 Å². The molecule has 0 aliphatic carbocycles. The van der Waals surface area contributed by atoms with Crippen LogP contribution in [-0.4, -0.2) is 18.1 Å². The normalized spacial score (nSPS) is 18.9. The maximum Gasteiger partial charge on any atom is 0.0572 e. The zero-order valence-corrected chi connectivity index (χ0v) is 12.5. The lowest BCUT2D eigenvalue weighted by atomic mass is 9.86. The number of anilines is 1. The van der Waals surface area contributed by atoms with E-state index in [0.29, 0.717) is 0 Å². The highest BCUT2D eigenvalue weighted by atomic mass is 15.1. The van der Waals surface area contributed by atoms with E-state index in [0.717, 1.165) is 37.0 Å². The third-order valence-electron chi connectivity index (χ3n) is 4.44. The third kappa shape index (κ3) is 3.47. The van der Waals surface area contributed by atoms with Gasteiger partial charge in [-0.05, 0) is 43.2 Å². The second kappa shape index (κ2) is 6.38. The van der Waals surface area contributed by atoms with E-state index in [4.69, 9.17) is 5.73 Å². The average Bonchev–Trinajstić information content (AvgIpc) is 2.46. The van der Waals surface area contributed by atoms with Crippen LogP contribution in [0.25, 0.3) is 0 Å². The molecule has 1 aromatic heterocycles. The molecule has 2 rings (SSSR count). The Morgan fingerprint density at radius 1 is 1.32 bits per heavy atom. The predicted molar refractivity (Wildman–Crippen MR) is 81.2 cm³/mol. The standard InChI is InChI=1S/C16H27N3/c1-4-15(17)16-6-5-14(11-18-16)19-9-7-13(8-10-19)12(2)3/h5-6,11-13,15H,4,7-10,17H2,1-3H3/t15-/m0/s1. The molecule has 0 bridgehead atoms. The van der Waals surface area contributed by atoms with Crippen LogP contribution >= 0.6 is 0 Å². The van der Waals surface area contributed by atoms with E-state index in [1.54, 1.807) is 0 Å². The van der Waals surface area contributed by atoms with E-state index in [9.17, 15) is 0 Å². The summed E-state index contributed by atoms with van der Waals surface area (Å²) in [4.78, 5) is 6.96. The first-order valence-corrected chi connectivity index (χ1v) is 7.58. The van der Waals surface area contributed by atoms with Gasteiger partial charge < -0.3 is 10.6 Å². The fourth-order valence-corrected chi connectivity index (χ4v) is 2.84. The Bertz CT molecular complexity index is 377. The number of hydrogen-bond donors (Lipinski definition) is 1. The molecular formula is C16H27N3. The van der Waals surface area contributed by atoms with Crippen LogP contribution in [0.1, 0.15) is 51.8 Å². The molecule has 1 aliphatic rings. The van der Waals surface area contributed by atoms with E-state index < -0.39 is 0 Å². The summed E-state index contributed by atoms with van der Waals surface area (Å²) in [7, 11) is 0. The maximum absolute atomic E-state index is 6.00. The molecule has 3 nitrogen and oxygen atoms in total. The molecule has 19 heavy (non-hydrogen) atoms. The molecule has 0 spiro atoms. The van der Waals surface area contributed by atoms with Crippen LogP contribution in [-0.2, 0) is 0 Å². The molecule has 106 valence electrons. The van der Waals surface area contributed by atoms with Crippen LogP contribution in [0.5, 0.6) is 0 Å². The van der Waals surface area contributed by atoms with Gasteiger partial charge in [0.25, 0.3) is 0 Å². The van der Waals surface area contributed by atoms with E-state index in [2.05, 4.69) is 42.8 Å². The van der Waals surface area contributed by atoms with Crippen molar-refractivity contribution in [1.82, 2.24) is 4.98 Å². The van der Waals surface area contributed by atoms with Gasteiger partial charge in [-0.15, -0.1) is 0 Å². The average molecular weight is 261 g/mol. The molecule has 0 aromatic carbocycles. The van der Waals surface area contributed by atoms with Gasteiger partial charge in [0.2, 0.25) is 0 Å². The fourth-order valence-electron chi connectivity index (χ4n) is 2.84. The number of pyridine rings is 1. The maximum atomic E-state index is 6.00. The zero-order valence-electron chi connectivity index (χ0n) is 12.5. The number of piperidine rings is 1. The van der Waals surface area contributed by atoms with Crippen molar-refractivity contribution >= 4 is 5.69 Å². The monoisotopic (exact) mass is 261 g/mol. The zero-order chi connectivity index (χ0) is 13.8. The minimum Gasteiger partial charge on any atom is -0.370 e. The Hall–Kier alpha value is -1.09. The Morgan fingerprint density at radius 2 is 2.00 bits per heavy atom. The lowest BCUT2D eigenvalue weighted by molar-refractivity contribution is 0.311. The van der Waals surface area contributed by atoms with Crippen LogP contribution in [0.4, 0.5) is 5.69 Å². The number of nitrogens with two attached hydrogens (primary N) is 1. The molecule has 1 atom stereocenters. The molecule has 0 unspecified atom stereocenters. The van der Waals surface area contributed by atoms with Gasteiger partial charge >= 0.3 is 0 Å². The summed E-state index contributed by atoms with van der Waals surface area (Å²) < 4.78 is 0. The SMILES string of the molecule is CC[C@H](N)c1ccc(N2CCC(C(C)C)CC2)cn1. The van der Waals surface area contributed by atoms with E-state index in [-0.39, 0.29) is 6.04 Å². The van der Waals surface area contributed by atoms with Crippen molar-refractivity contribution in [2.45, 2.75) is 46.1 Å². The van der Waals surface area contributed by atoms with Gasteiger partial charge in [-0.2, -0.15) is 0 Å². The minimum absolute atomic E-state index is 0.0701.